The highest BCUT2D eigenvalue weighted by atomic mass is 32.3. The maximum atomic E-state index is 10.7. The van der Waals surface area contributed by atoms with E-state index in [9.17, 15) is 16.8 Å². The summed E-state index contributed by atoms with van der Waals surface area (Å²) in [4.78, 5) is 0. The van der Waals surface area contributed by atoms with Crippen molar-refractivity contribution < 1.29 is 25.9 Å². The van der Waals surface area contributed by atoms with Crippen molar-refractivity contribution in [2.45, 2.75) is 45.4 Å². The quantitative estimate of drug-likeness (QED) is 0.488. The van der Waals surface area contributed by atoms with Gasteiger partial charge in [0.05, 0.1) is 0 Å². The first-order chi connectivity index (χ1) is 7.69. The Labute approximate surface area is 103 Å². The summed E-state index contributed by atoms with van der Waals surface area (Å²) in [6.45, 7) is 1.61. The summed E-state index contributed by atoms with van der Waals surface area (Å²) >= 11 is 0. The molecule has 0 aromatic rings. The Bertz CT molecular complexity index is 370. The zero-order chi connectivity index (χ0) is 13.5. The molecule has 9 heteroatoms. The van der Waals surface area contributed by atoms with Crippen molar-refractivity contribution in [1.82, 2.24) is 3.71 Å². The van der Waals surface area contributed by atoms with Crippen molar-refractivity contribution in [2.24, 2.45) is 0 Å². The molecule has 104 valence electrons. The molecule has 0 atom stereocenters. The third-order valence-corrected chi connectivity index (χ3v) is 4.73. The zero-order valence-electron chi connectivity index (χ0n) is 9.74. The van der Waals surface area contributed by atoms with Crippen LogP contribution in [0.25, 0.3) is 0 Å². The average molecular weight is 289 g/mol. The molecule has 0 heterocycles. The molecule has 0 bridgehead atoms. The van der Waals surface area contributed by atoms with Crippen LogP contribution in [-0.2, 0) is 20.6 Å². The molecule has 0 aliphatic carbocycles. The molecule has 0 spiro atoms. The molecular weight excluding hydrogens is 270 g/mol. The molecule has 2 N–H and O–H groups in total. The van der Waals surface area contributed by atoms with Gasteiger partial charge in [0.15, 0.2) is 0 Å². The van der Waals surface area contributed by atoms with Crippen LogP contribution in [0, 0.1) is 0 Å². The van der Waals surface area contributed by atoms with E-state index in [0.29, 0.717) is 6.42 Å². The summed E-state index contributed by atoms with van der Waals surface area (Å²) < 4.78 is 59.7. The maximum absolute atomic E-state index is 10.7. The van der Waals surface area contributed by atoms with E-state index in [-0.39, 0.29) is 10.1 Å². The molecule has 0 amide bonds. The van der Waals surface area contributed by atoms with E-state index in [1.165, 1.54) is 0 Å². The van der Waals surface area contributed by atoms with Crippen LogP contribution in [0.1, 0.15) is 45.4 Å². The zero-order valence-corrected chi connectivity index (χ0v) is 11.4. The molecule has 0 aliphatic rings. The highest BCUT2D eigenvalue weighted by molar-refractivity contribution is 7.98. The van der Waals surface area contributed by atoms with Crippen LogP contribution in [0.3, 0.4) is 0 Å². The van der Waals surface area contributed by atoms with Crippen LogP contribution < -0.4 is 0 Å². The van der Waals surface area contributed by atoms with Gasteiger partial charge in [-0.2, -0.15) is 16.8 Å². The molecule has 0 aromatic carbocycles. The van der Waals surface area contributed by atoms with Crippen molar-refractivity contribution in [1.29, 1.82) is 0 Å². The topological polar surface area (TPSA) is 112 Å². The molecule has 0 saturated heterocycles. The number of unbranched alkanes of at least 4 members (excludes halogenated alkanes) is 5. The fourth-order valence-corrected chi connectivity index (χ4v) is 3.04. The van der Waals surface area contributed by atoms with Gasteiger partial charge in [0.1, 0.15) is 0 Å². The number of hydrogen-bond acceptors (Lipinski definition) is 4. The summed E-state index contributed by atoms with van der Waals surface area (Å²) in [6, 6.07) is 0. The monoisotopic (exact) mass is 289 g/mol. The van der Waals surface area contributed by atoms with Gasteiger partial charge in [0, 0.05) is 6.54 Å². The predicted octanol–water partition coefficient (Wildman–Crippen LogP) is 1.25. The first-order valence-corrected chi connectivity index (χ1v) is 8.21. The Morgan fingerprint density at radius 1 is 0.824 bits per heavy atom. The van der Waals surface area contributed by atoms with Gasteiger partial charge in [-0.15, -0.1) is 0 Å². The first kappa shape index (κ1) is 16.8. The van der Waals surface area contributed by atoms with E-state index < -0.39 is 27.2 Å². The number of hydrogen-bond donors (Lipinski definition) is 2. The molecule has 7 nitrogen and oxygen atoms in total. The third kappa shape index (κ3) is 7.66. The molecular formula is C8H19NO6S2. The van der Waals surface area contributed by atoms with Crippen molar-refractivity contribution >= 4 is 20.6 Å². The molecule has 0 aliphatic heterocycles. The summed E-state index contributed by atoms with van der Waals surface area (Å²) in [7, 11) is -9.85. The van der Waals surface area contributed by atoms with Gasteiger partial charge >= 0.3 is 20.6 Å². The Morgan fingerprint density at radius 3 is 1.65 bits per heavy atom. The first-order valence-electron chi connectivity index (χ1n) is 5.42. The van der Waals surface area contributed by atoms with Gasteiger partial charge in [-0.3, -0.25) is 9.11 Å². The van der Waals surface area contributed by atoms with Crippen LogP contribution in [0.2, 0.25) is 0 Å². The van der Waals surface area contributed by atoms with E-state index in [1.54, 1.807) is 0 Å². The lowest BCUT2D eigenvalue weighted by Crippen LogP contribution is -2.36. The van der Waals surface area contributed by atoms with Crippen LogP contribution in [-0.4, -0.2) is 36.2 Å². The van der Waals surface area contributed by atoms with E-state index in [1.807, 2.05) is 0 Å². The molecule has 0 saturated carbocycles. The summed E-state index contributed by atoms with van der Waals surface area (Å²) in [5.74, 6) is 0. The lowest BCUT2D eigenvalue weighted by Gasteiger charge is -2.13. The molecule has 0 aromatic heterocycles. The van der Waals surface area contributed by atoms with Crippen LogP contribution >= 0.6 is 0 Å². The second-order valence-corrected chi connectivity index (χ2v) is 6.62. The van der Waals surface area contributed by atoms with Crippen molar-refractivity contribution in [2.75, 3.05) is 6.54 Å². The molecule has 17 heavy (non-hydrogen) atoms. The van der Waals surface area contributed by atoms with Crippen LogP contribution in [0.15, 0.2) is 0 Å². The predicted molar refractivity (Wildman–Crippen MR) is 63.2 cm³/mol. The van der Waals surface area contributed by atoms with Crippen LogP contribution in [0.5, 0.6) is 0 Å². The minimum Gasteiger partial charge on any atom is -0.273 e. The largest absolute Gasteiger partial charge is 0.351 e. The number of nitrogens with zero attached hydrogens (tertiary/aromatic N) is 1. The summed E-state index contributed by atoms with van der Waals surface area (Å²) in [5, 5.41) is 0. The van der Waals surface area contributed by atoms with E-state index >= 15 is 0 Å². The number of rotatable bonds is 9. The minimum absolute atomic E-state index is 0.267. The molecule has 0 radical (unpaired) electrons. The normalized spacial score (nSPS) is 13.2. The minimum atomic E-state index is -4.92. The highest BCUT2D eigenvalue weighted by Crippen LogP contribution is 2.10. The fourth-order valence-electron chi connectivity index (χ4n) is 1.37. The van der Waals surface area contributed by atoms with Crippen molar-refractivity contribution in [3.05, 3.63) is 0 Å². The second kappa shape index (κ2) is 7.27. The molecule has 0 rings (SSSR count). The summed E-state index contributed by atoms with van der Waals surface area (Å²) in [6.07, 6.45) is 4.90. The Hall–Kier alpha value is -0.220. The van der Waals surface area contributed by atoms with Gasteiger partial charge in [-0.05, 0) is 10.1 Å². The average Bonchev–Trinajstić information content (AvgIpc) is 2.12. The Morgan fingerprint density at radius 2 is 1.24 bits per heavy atom. The van der Waals surface area contributed by atoms with E-state index in [2.05, 4.69) is 6.92 Å². The Kier molecular flexibility index (Phi) is 7.17. The Balaban J connectivity index is 4.14. The molecule has 0 fully saturated rings. The van der Waals surface area contributed by atoms with Gasteiger partial charge in [0.25, 0.3) is 0 Å². The highest BCUT2D eigenvalue weighted by Gasteiger charge is 2.30. The smallest absolute Gasteiger partial charge is 0.273 e. The second-order valence-electron chi connectivity index (χ2n) is 3.72. The van der Waals surface area contributed by atoms with Crippen molar-refractivity contribution in [3.8, 4) is 0 Å². The lowest BCUT2D eigenvalue weighted by atomic mass is 10.1. The summed E-state index contributed by atoms with van der Waals surface area (Å²) in [5.41, 5.74) is 0. The standard InChI is InChI=1S/C8H19NO6S2/c1-2-3-4-5-6-7-8-9(16(10,11)12)17(13,14)15/h2-8H2,1H3,(H,10,11,12)(H,13,14,15). The fraction of sp³-hybridized carbons (Fsp3) is 1.00. The van der Waals surface area contributed by atoms with Crippen LogP contribution in [0.4, 0.5) is 0 Å². The van der Waals surface area contributed by atoms with Crippen molar-refractivity contribution in [3.63, 3.8) is 0 Å². The third-order valence-electron chi connectivity index (χ3n) is 2.21. The van der Waals surface area contributed by atoms with Gasteiger partial charge in [-0.1, -0.05) is 39.0 Å². The lowest BCUT2D eigenvalue weighted by molar-refractivity contribution is 0.377. The van der Waals surface area contributed by atoms with Gasteiger partial charge < -0.3 is 0 Å². The van der Waals surface area contributed by atoms with E-state index in [4.69, 9.17) is 9.11 Å². The maximum Gasteiger partial charge on any atom is 0.351 e. The van der Waals surface area contributed by atoms with Gasteiger partial charge in [-0.25, -0.2) is 0 Å². The molecule has 0 unspecified atom stereocenters. The van der Waals surface area contributed by atoms with E-state index in [0.717, 1.165) is 25.7 Å². The van der Waals surface area contributed by atoms with Gasteiger partial charge in [0.2, 0.25) is 0 Å². The SMILES string of the molecule is CCCCCCCCN(S(=O)(=O)O)S(=O)(=O)O.